The lowest BCUT2D eigenvalue weighted by Gasteiger charge is -2.16. The van der Waals surface area contributed by atoms with E-state index in [2.05, 4.69) is 21.2 Å². The molecule has 5 nitrogen and oxygen atoms in total. The molecule has 0 aromatic heterocycles. The molecule has 0 aliphatic carbocycles. The molecule has 0 bridgehead atoms. The molecule has 0 spiro atoms. The zero-order chi connectivity index (χ0) is 16.4. The number of ether oxygens (including phenoxy) is 1. The van der Waals surface area contributed by atoms with Crippen LogP contribution in [0.3, 0.4) is 0 Å². The lowest BCUT2D eigenvalue weighted by Crippen LogP contribution is -2.34. The average Bonchev–Trinajstić information content (AvgIpc) is 2.83. The number of anilines is 2. The van der Waals surface area contributed by atoms with Gasteiger partial charge in [0.2, 0.25) is 5.91 Å². The Hall–Kier alpha value is -2.34. The molecule has 118 valence electrons. The van der Waals surface area contributed by atoms with Gasteiger partial charge in [-0.25, -0.2) is 4.90 Å². The summed E-state index contributed by atoms with van der Waals surface area (Å²) in [4.78, 5) is 26.0. The van der Waals surface area contributed by atoms with Gasteiger partial charge in [-0.1, -0.05) is 15.9 Å². The van der Waals surface area contributed by atoms with Gasteiger partial charge in [-0.05, 0) is 48.5 Å². The smallest absolute Gasteiger partial charge is 0.256 e. The van der Waals surface area contributed by atoms with Crippen LogP contribution in [0.5, 0.6) is 5.75 Å². The summed E-state index contributed by atoms with van der Waals surface area (Å²) in [5.74, 6) is 0.289. The molecule has 0 saturated carbocycles. The molecular formula is C17H15BrN2O3. The van der Waals surface area contributed by atoms with Crippen LogP contribution in [0.1, 0.15) is 6.42 Å². The van der Waals surface area contributed by atoms with Gasteiger partial charge in [0.1, 0.15) is 11.8 Å². The van der Waals surface area contributed by atoms with Crippen LogP contribution >= 0.6 is 15.9 Å². The van der Waals surface area contributed by atoms with E-state index >= 15 is 0 Å². The molecule has 1 aliphatic rings. The molecule has 2 aromatic carbocycles. The predicted octanol–water partition coefficient (Wildman–Crippen LogP) is 3.20. The van der Waals surface area contributed by atoms with E-state index in [0.717, 1.165) is 15.9 Å². The minimum atomic E-state index is -0.556. The molecule has 1 fully saturated rings. The SMILES string of the molecule is COc1ccc(N[C@@H]2CC(=O)N(c3ccc(Br)cc3)C2=O)cc1. The molecule has 1 heterocycles. The average molecular weight is 375 g/mol. The fourth-order valence-electron chi connectivity index (χ4n) is 2.49. The summed E-state index contributed by atoms with van der Waals surface area (Å²) >= 11 is 3.34. The van der Waals surface area contributed by atoms with E-state index in [1.165, 1.54) is 4.90 Å². The number of methoxy groups -OCH3 is 1. The number of amides is 2. The van der Waals surface area contributed by atoms with E-state index < -0.39 is 6.04 Å². The van der Waals surface area contributed by atoms with Crippen molar-refractivity contribution in [2.24, 2.45) is 0 Å². The number of benzene rings is 2. The van der Waals surface area contributed by atoms with Gasteiger partial charge in [0.25, 0.3) is 5.91 Å². The number of nitrogens with one attached hydrogen (secondary N) is 1. The molecule has 23 heavy (non-hydrogen) atoms. The minimum Gasteiger partial charge on any atom is -0.497 e. The van der Waals surface area contributed by atoms with E-state index in [9.17, 15) is 9.59 Å². The van der Waals surface area contributed by atoms with Crippen molar-refractivity contribution >= 4 is 39.1 Å². The van der Waals surface area contributed by atoms with Crippen molar-refractivity contribution in [2.45, 2.75) is 12.5 Å². The Kier molecular flexibility index (Phi) is 4.34. The maximum atomic E-state index is 12.5. The van der Waals surface area contributed by atoms with E-state index in [-0.39, 0.29) is 18.2 Å². The largest absolute Gasteiger partial charge is 0.497 e. The summed E-state index contributed by atoms with van der Waals surface area (Å²) in [5, 5.41) is 3.11. The first-order valence-electron chi connectivity index (χ1n) is 7.11. The Morgan fingerprint density at radius 1 is 1.09 bits per heavy atom. The summed E-state index contributed by atoms with van der Waals surface area (Å²) in [6.45, 7) is 0. The van der Waals surface area contributed by atoms with Crippen LogP contribution in [-0.2, 0) is 9.59 Å². The summed E-state index contributed by atoms with van der Waals surface area (Å²) in [6.07, 6.45) is 0.140. The molecular weight excluding hydrogens is 360 g/mol. The van der Waals surface area contributed by atoms with E-state index in [4.69, 9.17) is 4.74 Å². The lowest BCUT2D eigenvalue weighted by atomic mass is 10.2. The summed E-state index contributed by atoms with van der Waals surface area (Å²) < 4.78 is 6.00. The zero-order valence-corrected chi connectivity index (χ0v) is 14.0. The maximum Gasteiger partial charge on any atom is 0.256 e. The Morgan fingerprint density at radius 2 is 1.74 bits per heavy atom. The van der Waals surface area contributed by atoms with Crippen LogP contribution in [0.4, 0.5) is 11.4 Å². The van der Waals surface area contributed by atoms with Gasteiger partial charge in [-0.3, -0.25) is 9.59 Å². The topological polar surface area (TPSA) is 58.6 Å². The molecule has 1 atom stereocenters. The highest BCUT2D eigenvalue weighted by Crippen LogP contribution is 2.26. The normalized spacial score (nSPS) is 17.5. The molecule has 3 rings (SSSR count). The number of halogens is 1. The number of carbonyl (C=O) groups excluding carboxylic acids is 2. The molecule has 2 aromatic rings. The Morgan fingerprint density at radius 3 is 2.35 bits per heavy atom. The van der Waals surface area contributed by atoms with Crippen molar-refractivity contribution in [1.29, 1.82) is 0 Å². The van der Waals surface area contributed by atoms with Crippen LogP contribution in [0, 0.1) is 0 Å². The van der Waals surface area contributed by atoms with Gasteiger partial charge in [0.05, 0.1) is 19.2 Å². The number of imide groups is 1. The highest BCUT2D eigenvalue weighted by molar-refractivity contribution is 9.10. The second kappa shape index (κ2) is 6.42. The van der Waals surface area contributed by atoms with Crippen LogP contribution in [0.25, 0.3) is 0 Å². The third-order valence-corrected chi connectivity index (χ3v) is 4.19. The van der Waals surface area contributed by atoms with Crippen LogP contribution in [0.15, 0.2) is 53.0 Å². The predicted molar refractivity (Wildman–Crippen MR) is 91.7 cm³/mol. The van der Waals surface area contributed by atoms with Crippen molar-refractivity contribution < 1.29 is 14.3 Å². The summed E-state index contributed by atoms with van der Waals surface area (Å²) in [7, 11) is 1.59. The molecule has 1 N–H and O–H groups in total. The van der Waals surface area contributed by atoms with Gasteiger partial charge >= 0.3 is 0 Å². The van der Waals surface area contributed by atoms with Crippen molar-refractivity contribution in [2.75, 3.05) is 17.3 Å². The van der Waals surface area contributed by atoms with Crippen molar-refractivity contribution in [1.82, 2.24) is 0 Å². The van der Waals surface area contributed by atoms with Gasteiger partial charge in [-0.15, -0.1) is 0 Å². The summed E-state index contributed by atoms with van der Waals surface area (Å²) in [6, 6.07) is 13.8. The second-order valence-corrected chi connectivity index (χ2v) is 6.09. The van der Waals surface area contributed by atoms with Crippen molar-refractivity contribution in [3.05, 3.63) is 53.0 Å². The standard InChI is InChI=1S/C17H15BrN2O3/c1-23-14-8-4-12(5-9-14)19-15-10-16(21)20(17(15)22)13-6-2-11(18)3-7-13/h2-9,15,19H,10H2,1H3/t15-/m1/s1. The van der Waals surface area contributed by atoms with Gasteiger partial charge in [0.15, 0.2) is 0 Å². The third-order valence-electron chi connectivity index (χ3n) is 3.66. The van der Waals surface area contributed by atoms with Gasteiger partial charge < -0.3 is 10.1 Å². The first kappa shape index (κ1) is 15.6. The maximum absolute atomic E-state index is 12.5. The van der Waals surface area contributed by atoms with Crippen molar-refractivity contribution in [3.63, 3.8) is 0 Å². The molecule has 0 radical (unpaired) electrons. The van der Waals surface area contributed by atoms with Crippen LogP contribution in [0.2, 0.25) is 0 Å². The number of carbonyl (C=O) groups is 2. The first-order valence-corrected chi connectivity index (χ1v) is 7.91. The van der Waals surface area contributed by atoms with E-state index in [1.54, 1.807) is 43.5 Å². The third kappa shape index (κ3) is 3.22. The fraction of sp³-hybridized carbons (Fsp3) is 0.176. The van der Waals surface area contributed by atoms with Gasteiger partial charge in [-0.2, -0.15) is 0 Å². The molecule has 0 unspecified atom stereocenters. The Bertz CT molecular complexity index is 729. The monoisotopic (exact) mass is 374 g/mol. The molecule has 6 heteroatoms. The van der Waals surface area contributed by atoms with Crippen LogP contribution < -0.4 is 15.0 Å². The quantitative estimate of drug-likeness (QED) is 0.834. The highest BCUT2D eigenvalue weighted by Gasteiger charge is 2.39. The number of hydrogen-bond donors (Lipinski definition) is 1. The van der Waals surface area contributed by atoms with E-state index in [1.807, 2.05) is 12.1 Å². The zero-order valence-electron chi connectivity index (χ0n) is 12.5. The second-order valence-electron chi connectivity index (χ2n) is 5.17. The summed E-state index contributed by atoms with van der Waals surface area (Å²) in [5.41, 5.74) is 1.36. The number of hydrogen-bond acceptors (Lipinski definition) is 4. The minimum absolute atomic E-state index is 0.140. The van der Waals surface area contributed by atoms with Crippen molar-refractivity contribution in [3.8, 4) is 5.75 Å². The fourth-order valence-corrected chi connectivity index (χ4v) is 2.76. The first-order chi connectivity index (χ1) is 11.1. The highest BCUT2D eigenvalue weighted by atomic mass is 79.9. The number of nitrogens with zero attached hydrogens (tertiary/aromatic N) is 1. The molecule has 1 saturated heterocycles. The molecule has 2 amide bonds. The van der Waals surface area contributed by atoms with Crippen LogP contribution in [-0.4, -0.2) is 25.0 Å². The van der Waals surface area contributed by atoms with Gasteiger partial charge in [0, 0.05) is 10.2 Å². The Labute approximate surface area is 142 Å². The Balaban J connectivity index is 1.76. The lowest BCUT2D eigenvalue weighted by molar-refractivity contribution is -0.121. The number of rotatable bonds is 4. The molecule has 1 aliphatic heterocycles. The van der Waals surface area contributed by atoms with E-state index in [0.29, 0.717) is 5.69 Å².